The van der Waals surface area contributed by atoms with Crippen LogP contribution in [0.15, 0.2) is 29.2 Å². The largest absolute Gasteiger partial charge is 0.346 e. The molecule has 0 unspecified atom stereocenters. The molecule has 0 heterocycles. The number of rotatable bonds is 6. The Bertz CT molecular complexity index is 427. The number of carbonyl (C=O) groups is 1. The minimum atomic E-state index is -3.07. The molecule has 114 valence electrons. The maximum atomic E-state index is 12.9. The molecule has 3 N–H and O–H groups in total. The first kappa shape index (κ1) is 19.1. The van der Waals surface area contributed by atoms with Crippen LogP contribution in [0.3, 0.4) is 0 Å². The number of thioether (sulfide) groups is 1. The van der Waals surface area contributed by atoms with Crippen LogP contribution < -0.4 is 11.1 Å². The number of nitrogens with one attached hydrogen (secondary N) is 1. The van der Waals surface area contributed by atoms with E-state index in [-0.39, 0.29) is 12.4 Å². The summed E-state index contributed by atoms with van der Waals surface area (Å²) in [7, 11) is 0. The molecular formula is C13H19ClF2N2OS. The van der Waals surface area contributed by atoms with E-state index in [0.29, 0.717) is 10.8 Å². The number of carbonyl (C=O) groups excluding carboxylic acids is 1. The zero-order chi connectivity index (χ0) is 14.5. The second-order valence-corrected chi connectivity index (χ2v) is 6.08. The third-order valence-corrected chi connectivity index (χ3v) is 3.31. The van der Waals surface area contributed by atoms with Crippen LogP contribution in [0.4, 0.5) is 8.78 Å². The van der Waals surface area contributed by atoms with Gasteiger partial charge in [-0.3, -0.25) is 4.79 Å². The molecule has 0 aromatic heterocycles. The molecule has 1 aromatic rings. The molecule has 1 amide bonds. The van der Waals surface area contributed by atoms with Gasteiger partial charge in [-0.1, -0.05) is 13.8 Å². The van der Waals surface area contributed by atoms with Gasteiger partial charge in [0.05, 0.1) is 13.1 Å². The summed E-state index contributed by atoms with van der Waals surface area (Å²) in [6.45, 7) is 2.61. The number of hydrogen-bond donors (Lipinski definition) is 2. The van der Waals surface area contributed by atoms with Crippen molar-refractivity contribution in [3.63, 3.8) is 0 Å². The Labute approximate surface area is 128 Å². The molecule has 0 fully saturated rings. The quantitative estimate of drug-likeness (QED) is 0.791. The summed E-state index contributed by atoms with van der Waals surface area (Å²) >= 11 is 1.67. The lowest BCUT2D eigenvalue weighted by atomic mass is 10.2. The van der Waals surface area contributed by atoms with Gasteiger partial charge in [0, 0.05) is 15.7 Å². The van der Waals surface area contributed by atoms with Crippen molar-refractivity contribution in [2.24, 2.45) is 5.73 Å². The Kier molecular flexibility index (Phi) is 8.08. The van der Waals surface area contributed by atoms with E-state index in [2.05, 4.69) is 19.2 Å². The van der Waals surface area contributed by atoms with E-state index in [1.807, 2.05) is 0 Å². The number of halogens is 3. The highest BCUT2D eigenvalue weighted by Crippen LogP contribution is 2.22. The zero-order valence-electron chi connectivity index (χ0n) is 11.4. The van der Waals surface area contributed by atoms with Gasteiger partial charge in [0.2, 0.25) is 0 Å². The molecule has 0 bridgehead atoms. The highest BCUT2D eigenvalue weighted by atomic mass is 35.5. The van der Waals surface area contributed by atoms with Crippen LogP contribution in [0.5, 0.6) is 0 Å². The first-order valence-electron chi connectivity index (χ1n) is 5.97. The number of hydrogen-bond acceptors (Lipinski definition) is 3. The summed E-state index contributed by atoms with van der Waals surface area (Å²) in [5.74, 6) is -3.59. The average molecular weight is 325 g/mol. The van der Waals surface area contributed by atoms with E-state index in [9.17, 15) is 13.6 Å². The molecule has 0 spiro atoms. The van der Waals surface area contributed by atoms with Gasteiger partial charge in [0.25, 0.3) is 11.8 Å². The highest BCUT2D eigenvalue weighted by molar-refractivity contribution is 7.99. The predicted molar refractivity (Wildman–Crippen MR) is 81.0 cm³/mol. The Morgan fingerprint density at radius 3 is 2.35 bits per heavy atom. The monoisotopic (exact) mass is 324 g/mol. The molecule has 0 saturated heterocycles. The van der Waals surface area contributed by atoms with Crippen LogP contribution in [0.1, 0.15) is 24.2 Å². The lowest BCUT2D eigenvalue weighted by molar-refractivity contribution is 0.0118. The summed E-state index contributed by atoms with van der Waals surface area (Å²) in [6.07, 6.45) is 0. The maximum Gasteiger partial charge on any atom is 0.277 e. The first-order valence-corrected chi connectivity index (χ1v) is 6.85. The lowest BCUT2D eigenvalue weighted by Gasteiger charge is -2.14. The Balaban J connectivity index is 0.00000361. The molecule has 0 radical (unpaired) electrons. The standard InChI is InChI=1S/C13H18F2N2OS.ClH/c1-9(2)19-11-5-3-10(4-6-11)12(18)17-8-13(14,15)7-16;/h3-6,9H,7-8,16H2,1-2H3,(H,17,18);1H. The molecule has 0 saturated carbocycles. The lowest BCUT2D eigenvalue weighted by Crippen LogP contribution is -2.41. The van der Waals surface area contributed by atoms with E-state index >= 15 is 0 Å². The van der Waals surface area contributed by atoms with Crippen molar-refractivity contribution in [2.75, 3.05) is 13.1 Å². The van der Waals surface area contributed by atoms with Crippen LogP contribution in [0, 0.1) is 0 Å². The number of amides is 1. The summed E-state index contributed by atoms with van der Waals surface area (Å²) in [5, 5.41) is 2.62. The second-order valence-electron chi connectivity index (χ2n) is 4.43. The molecule has 1 rings (SSSR count). The SMILES string of the molecule is CC(C)Sc1ccc(C(=O)NCC(F)(F)CN)cc1.Cl. The smallest absolute Gasteiger partial charge is 0.277 e. The molecule has 20 heavy (non-hydrogen) atoms. The van der Waals surface area contributed by atoms with Gasteiger partial charge in [0.1, 0.15) is 0 Å². The zero-order valence-corrected chi connectivity index (χ0v) is 13.0. The number of benzene rings is 1. The van der Waals surface area contributed by atoms with Crippen molar-refractivity contribution in [2.45, 2.75) is 29.9 Å². The molecule has 0 aliphatic carbocycles. The fourth-order valence-electron chi connectivity index (χ4n) is 1.34. The highest BCUT2D eigenvalue weighted by Gasteiger charge is 2.27. The minimum absolute atomic E-state index is 0. The predicted octanol–water partition coefficient (Wildman–Crippen LogP) is 2.93. The minimum Gasteiger partial charge on any atom is -0.346 e. The number of alkyl halides is 2. The van der Waals surface area contributed by atoms with Crippen molar-refractivity contribution >= 4 is 30.1 Å². The fourth-order valence-corrected chi connectivity index (χ4v) is 2.18. The molecule has 0 aliphatic rings. The maximum absolute atomic E-state index is 12.9. The van der Waals surface area contributed by atoms with Crippen LogP contribution in [0.25, 0.3) is 0 Å². The summed E-state index contributed by atoms with van der Waals surface area (Å²) in [6, 6.07) is 6.86. The Hall–Kier alpha value is -0.850. The van der Waals surface area contributed by atoms with E-state index in [1.54, 1.807) is 36.0 Å². The van der Waals surface area contributed by atoms with Crippen molar-refractivity contribution in [3.05, 3.63) is 29.8 Å². The van der Waals surface area contributed by atoms with Gasteiger partial charge >= 0.3 is 0 Å². The van der Waals surface area contributed by atoms with Crippen molar-refractivity contribution in [1.29, 1.82) is 0 Å². The van der Waals surface area contributed by atoms with Crippen LogP contribution in [-0.2, 0) is 0 Å². The third-order valence-electron chi connectivity index (χ3n) is 2.29. The second kappa shape index (κ2) is 8.44. The molecule has 1 aromatic carbocycles. The summed E-state index contributed by atoms with van der Waals surface area (Å²) in [4.78, 5) is 12.7. The van der Waals surface area contributed by atoms with Gasteiger partial charge in [-0.15, -0.1) is 24.2 Å². The molecular weight excluding hydrogens is 306 g/mol. The topological polar surface area (TPSA) is 55.1 Å². The van der Waals surface area contributed by atoms with Crippen molar-refractivity contribution in [1.82, 2.24) is 5.32 Å². The number of nitrogens with two attached hydrogens (primary N) is 1. The Morgan fingerprint density at radius 2 is 1.90 bits per heavy atom. The summed E-state index contributed by atoms with van der Waals surface area (Å²) < 4.78 is 25.8. The van der Waals surface area contributed by atoms with E-state index in [0.717, 1.165) is 4.90 Å². The molecule has 3 nitrogen and oxygen atoms in total. The van der Waals surface area contributed by atoms with Gasteiger partial charge in [-0.2, -0.15) is 0 Å². The van der Waals surface area contributed by atoms with E-state index in [4.69, 9.17) is 5.73 Å². The van der Waals surface area contributed by atoms with Gasteiger partial charge < -0.3 is 11.1 Å². The molecule has 0 atom stereocenters. The van der Waals surface area contributed by atoms with E-state index < -0.39 is 24.9 Å². The van der Waals surface area contributed by atoms with Gasteiger partial charge in [-0.25, -0.2) is 8.78 Å². The van der Waals surface area contributed by atoms with Gasteiger partial charge in [-0.05, 0) is 24.3 Å². The summed E-state index contributed by atoms with van der Waals surface area (Å²) in [5.41, 5.74) is 5.26. The third kappa shape index (κ3) is 6.54. The first-order chi connectivity index (χ1) is 8.84. The Morgan fingerprint density at radius 1 is 1.35 bits per heavy atom. The van der Waals surface area contributed by atoms with Crippen molar-refractivity contribution in [3.8, 4) is 0 Å². The fraction of sp³-hybridized carbons (Fsp3) is 0.462. The van der Waals surface area contributed by atoms with Gasteiger partial charge in [0.15, 0.2) is 0 Å². The van der Waals surface area contributed by atoms with Crippen molar-refractivity contribution < 1.29 is 13.6 Å². The van der Waals surface area contributed by atoms with E-state index in [1.165, 1.54) is 0 Å². The van der Waals surface area contributed by atoms with Crippen LogP contribution in [-0.4, -0.2) is 30.2 Å². The van der Waals surface area contributed by atoms with Crippen LogP contribution in [0.2, 0.25) is 0 Å². The normalized spacial score (nSPS) is 11.1. The molecule has 7 heteroatoms. The van der Waals surface area contributed by atoms with Crippen LogP contribution >= 0.6 is 24.2 Å². The average Bonchev–Trinajstić information content (AvgIpc) is 2.36. The molecule has 0 aliphatic heterocycles.